The maximum Gasteiger partial charge on any atom is 0.230 e. The lowest BCUT2D eigenvalue weighted by Gasteiger charge is -2.02. The molecule has 3 rings (SSSR count). The van der Waals surface area contributed by atoms with Crippen molar-refractivity contribution >= 4 is 22.4 Å². The van der Waals surface area contributed by atoms with Gasteiger partial charge >= 0.3 is 0 Å². The second-order valence-electron chi connectivity index (χ2n) is 4.40. The lowest BCUT2D eigenvalue weighted by atomic mass is 10.1. The van der Waals surface area contributed by atoms with E-state index in [9.17, 15) is 4.79 Å². The Morgan fingerprint density at radius 1 is 1.15 bits per heavy atom. The SMILES string of the molecule is COc1cccc(C(=O)c2oc3ccccc3c2N)c1. The highest BCUT2D eigenvalue weighted by atomic mass is 16.5. The Kier molecular flexibility index (Phi) is 2.91. The summed E-state index contributed by atoms with van der Waals surface area (Å²) in [5, 5.41) is 0.749. The highest BCUT2D eigenvalue weighted by Crippen LogP contribution is 2.30. The van der Waals surface area contributed by atoms with Crippen LogP contribution in [0.4, 0.5) is 5.69 Å². The highest BCUT2D eigenvalue weighted by molar-refractivity contribution is 6.14. The molecule has 0 fully saturated rings. The molecule has 0 aliphatic rings. The number of carbonyl (C=O) groups excluding carboxylic acids is 1. The number of furan rings is 1. The number of carbonyl (C=O) groups is 1. The third-order valence-corrected chi connectivity index (χ3v) is 3.17. The van der Waals surface area contributed by atoms with Crippen LogP contribution in [-0.4, -0.2) is 12.9 Å². The number of hydrogen-bond donors (Lipinski definition) is 1. The number of ether oxygens (including phenoxy) is 1. The summed E-state index contributed by atoms with van der Waals surface area (Å²) in [6, 6.07) is 14.2. The van der Waals surface area contributed by atoms with E-state index in [1.807, 2.05) is 18.2 Å². The van der Waals surface area contributed by atoms with Gasteiger partial charge < -0.3 is 14.9 Å². The van der Waals surface area contributed by atoms with Crippen molar-refractivity contribution in [2.45, 2.75) is 0 Å². The molecule has 0 saturated heterocycles. The molecule has 2 aromatic carbocycles. The van der Waals surface area contributed by atoms with Crippen LogP contribution in [0, 0.1) is 0 Å². The molecule has 0 bridgehead atoms. The van der Waals surface area contributed by atoms with E-state index < -0.39 is 0 Å². The van der Waals surface area contributed by atoms with Crippen LogP contribution >= 0.6 is 0 Å². The third-order valence-electron chi connectivity index (χ3n) is 3.17. The Morgan fingerprint density at radius 3 is 2.70 bits per heavy atom. The number of rotatable bonds is 3. The number of methoxy groups -OCH3 is 1. The van der Waals surface area contributed by atoms with Gasteiger partial charge in [-0.25, -0.2) is 0 Å². The maximum absolute atomic E-state index is 12.5. The molecule has 4 nitrogen and oxygen atoms in total. The second kappa shape index (κ2) is 4.74. The Hall–Kier alpha value is -2.75. The van der Waals surface area contributed by atoms with Crippen molar-refractivity contribution in [1.29, 1.82) is 0 Å². The molecular formula is C16H13NO3. The van der Waals surface area contributed by atoms with Crippen molar-refractivity contribution in [2.75, 3.05) is 12.8 Å². The van der Waals surface area contributed by atoms with Gasteiger partial charge in [0.2, 0.25) is 5.78 Å². The average molecular weight is 267 g/mol. The van der Waals surface area contributed by atoms with Gasteiger partial charge in [-0.1, -0.05) is 24.3 Å². The lowest BCUT2D eigenvalue weighted by molar-refractivity contribution is 0.101. The number of fused-ring (bicyclic) bond motifs is 1. The third kappa shape index (κ3) is 1.91. The molecule has 0 aliphatic carbocycles. The molecule has 0 atom stereocenters. The van der Waals surface area contributed by atoms with Crippen LogP contribution in [0.25, 0.3) is 11.0 Å². The van der Waals surface area contributed by atoms with E-state index in [-0.39, 0.29) is 11.5 Å². The molecule has 3 aromatic rings. The van der Waals surface area contributed by atoms with Crippen LogP contribution in [0.3, 0.4) is 0 Å². The smallest absolute Gasteiger partial charge is 0.230 e. The number of para-hydroxylation sites is 1. The summed E-state index contributed by atoms with van der Waals surface area (Å²) >= 11 is 0. The van der Waals surface area contributed by atoms with Gasteiger partial charge in [-0.3, -0.25) is 4.79 Å². The Morgan fingerprint density at radius 2 is 1.95 bits per heavy atom. The van der Waals surface area contributed by atoms with E-state index in [4.69, 9.17) is 14.9 Å². The predicted octanol–water partition coefficient (Wildman–Crippen LogP) is 3.25. The van der Waals surface area contributed by atoms with Crippen molar-refractivity contribution in [1.82, 2.24) is 0 Å². The van der Waals surface area contributed by atoms with Gasteiger partial charge in [-0.2, -0.15) is 0 Å². The van der Waals surface area contributed by atoms with E-state index in [1.165, 1.54) is 0 Å². The molecule has 2 N–H and O–H groups in total. The number of nitrogen functional groups attached to an aromatic ring is 1. The zero-order valence-electron chi connectivity index (χ0n) is 10.9. The minimum Gasteiger partial charge on any atom is -0.497 e. The van der Waals surface area contributed by atoms with Gasteiger partial charge in [0.25, 0.3) is 0 Å². The predicted molar refractivity (Wildman–Crippen MR) is 77.1 cm³/mol. The molecule has 1 heterocycles. The Bertz CT molecular complexity index is 789. The van der Waals surface area contributed by atoms with E-state index in [2.05, 4.69) is 0 Å². The minimum absolute atomic E-state index is 0.166. The fourth-order valence-corrected chi connectivity index (χ4v) is 2.13. The van der Waals surface area contributed by atoms with Crippen molar-refractivity contribution in [3.63, 3.8) is 0 Å². The van der Waals surface area contributed by atoms with E-state index in [0.717, 1.165) is 5.39 Å². The summed E-state index contributed by atoms with van der Waals surface area (Å²) in [4.78, 5) is 12.5. The molecule has 0 aliphatic heterocycles. The zero-order chi connectivity index (χ0) is 14.1. The molecular weight excluding hydrogens is 254 g/mol. The van der Waals surface area contributed by atoms with Crippen molar-refractivity contribution in [3.05, 3.63) is 59.9 Å². The summed E-state index contributed by atoms with van der Waals surface area (Å²) in [5.41, 5.74) is 7.46. The normalized spacial score (nSPS) is 10.7. The van der Waals surface area contributed by atoms with Crippen LogP contribution in [0.5, 0.6) is 5.75 Å². The topological polar surface area (TPSA) is 65.5 Å². The first kappa shape index (κ1) is 12.3. The molecule has 100 valence electrons. The van der Waals surface area contributed by atoms with Gasteiger partial charge in [0.15, 0.2) is 5.76 Å². The fourth-order valence-electron chi connectivity index (χ4n) is 2.13. The van der Waals surface area contributed by atoms with Crippen molar-refractivity contribution < 1.29 is 13.9 Å². The van der Waals surface area contributed by atoms with E-state index in [0.29, 0.717) is 22.6 Å². The van der Waals surface area contributed by atoms with Gasteiger partial charge in [0.05, 0.1) is 12.8 Å². The number of ketones is 1. The lowest BCUT2D eigenvalue weighted by Crippen LogP contribution is -2.03. The minimum atomic E-state index is -0.252. The molecule has 20 heavy (non-hydrogen) atoms. The van der Waals surface area contributed by atoms with Crippen LogP contribution in [0.15, 0.2) is 52.9 Å². The van der Waals surface area contributed by atoms with Crippen LogP contribution in [0.2, 0.25) is 0 Å². The standard InChI is InChI=1S/C16H13NO3/c1-19-11-6-4-5-10(9-11)15(18)16-14(17)12-7-2-3-8-13(12)20-16/h2-9H,17H2,1H3. The summed E-state index contributed by atoms with van der Waals surface area (Å²) in [6.45, 7) is 0. The molecule has 0 spiro atoms. The molecule has 4 heteroatoms. The molecule has 1 aromatic heterocycles. The van der Waals surface area contributed by atoms with Crippen molar-refractivity contribution in [3.8, 4) is 5.75 Å². The van der Waals surface area contributed by atoms with Gasteiger partial charge in [-0.15, -0.1) is 0 Å². The first-order valence-electron chi connectivity index (χ1n) is 6.16. The summed E-state index contributed by atoms with van der Waals surface area (Å²) in [5.74, 6) is 0.530. The molecule has 0 amide bonds. The zero-order valence-corrected chi connectivity index (χ0v) is 10.9. The molecule has 0 saturated carbocycles. The Labute approximate surface area is 115 Å². The number of anilines is 1. The maximum atomic E-state index is 12.5. The first-order valence-corrected chi connectivity index (χ1v) is 6.16. The van der Waals surface area contributed by atoms with Gasteiger partial charge in [0, 0.05) is 10.9 Å². The van der Waals surface area contributed by atoms with Crippen LogP contribution < -0.4 is 10.5 Å². The van der Waals surface area contributed by atoms with Gasteiger partial charge in [-0.05, 0) is 24.3 Å². The fraction of sp³-hybridized carbons (Fsp3) is 0.0625. The van der Waals surface area contributed by atoms with Gasteiger partial charge in [0.1, 0.15) is 11.3 Å². The number of nitrogens with two attached hydrogens (primary N) is 1. The number of hydrogen-bond acceptors (Lipinski definition) is 4. The largest absolute Gasteiger partial charge is 0.497 e. The van der Waals surface area contributed by atoms with E-state index >= 15 is 0 Å². The first-order chi connectivity index (χ1) is 9.70. The second-order valence-corrected chi connectivity index (χ2v) is 4.40. The monoisotopic (exact) mass is 267 g/mol. The van der Waals surface area contributed by atoms with E-state index in [1.54, 1.807) is 37.4 Å². The molecule has 0 unspecified atom stereocenters. The summed E-state index contributed by atoms with van der Waals surface area (Å²) in [6.07, 6.45) is 0. The summed E-state index contributed by atoms with van der Waals surface area (Å²) in [7, 11) is 1.55. The van der Waals surface area contributed by atoms with Crippen molar-refractivity contribution in [2.24, 2.45) is 0 Å². The average Bonchev–Trinajstić information content (AvgIpc) is 2.84. The highest BCUT2D eigenvalue weighted by Gasteiger charge is 2.20. The summed E-state index contributed by atoms with van der Waals surface area (Å²) < 4.78 is 10.7. The molecule has 0 radical (unpaired) electrons. The van der Waals surface area contributed by atoms with Crippen LogP contribution in [-0.2, 0) is 0 Å². The number of benzene rings is 2. The Balaban J connectivity index is 2.10. The quantitative estimate of drug-likeness (QED) is 0.740. The van der Waals surface area contributed by atoms with Crippen LogP contribution in [0.1, 0.15) is 16.1 Å².